The van der Waals surface area contributed by atoms with E-state index in [9.17, 15) is 18.0 Å². The molecule has 3 rings (SSSR count). The molecule has 0 spiro atoms. The topological polar surface area (TPSA) is 119 Å². The zero-order valence-electron chi connectivity index (χ0n) is 15.7. The van der Waals surface area contributed by atoms with Crippen LogP contribution in [0.2, 0.25) is 5.15 Å². The number of carbonyl (C=O) groups is 2. The molecule has 12 heteroatoms. The summed E-state index contributed by atoms with van der Waals surface area (Å²) in [6.45, 7) is 2.04. The van der Waals surface area contributed by atoms with E-state index in [1.807, 2.05) is 0 Å². The summed E-state index contributed by atoms with van der Waals surface area (Å²) in [6, 6.07) is 2.92. The second-order valence-corrected chi connectivity index (χ2v) is 9.65. The zero-order chi connectivity index (χ0) is 21.2. The lowest BCUT2D eigenvalue weighted by Gasteiger charge is -2.30. The van der Waals surface area contributed by atoms with Crippen molar-refractivity contribution >= 4 is 50.0 Å². The summed E-state index contributed by atoms with van der Waals surface area (Å²) in [4.78, 5) is 32.5. The number of aryl methyl sites for hydroxylation is 1. The Balaban J connectivity index is 1.63. The predicted molar refractivity (Wildman–Crippen MR) is 108 cm³/mol. The van der Waals surface area contributed by atoms with E-state index in [4.69, 9.17) is 11.6 Å². The largest absolute Gasteiger partial charge is 0.465 e. The monoisotopic (exact) mass is 458 g/mol. The number of nitrogens with zero attached hydrogens (tertiary/aromatic N) is 3. The number of amides is 1. The van der Waals surface area contributed by atoms with Crippen molar-refractivity contribution in [2.45, 2.75) is 24.7 Å². The Morgan fingerprint density at radius 3 is 2.66 bits per heavy atom. The highest BCUT2D eigenvalue weighted by Gasteiger charge is 2.33. The fraction of sp³-hybridized carbons (Fsp3) is 0.412. The Labute approximate surface area is 177 Å². The van der Waals surface area contributed by atoms with Crippen LogP contribution in [0, 0.1) is 12.8 Å². The van der Waals surface area contributed by atoms with Crippen molar-refractivity contribution in [3.05, 3.63) is 34.1 Å². The van der Waals surface area contributed by atoms with Gasteiger partial charge in [0.25, 0.3) is 0 Å². The predicted octanol–water partition coefficient (Wildman–Crippen LogP) is 2.33. The average molecular weight is 459 g/mol. The van der Waals surface area contributed by atoms with Gasteiger partial charge in [-0.1, -0.05) is 22.9 Å². The molecule has 1 N–H and O–H groups in total. The Morgan fingerprint density at radius 1 is 1.34 bits per heavy atom. The summed E-state index contributed by atoms with van der Waals surface area (Å²) in [5.41, 5.74) is 0.478. The van der Waals surface area contributed by atoms with E-state index < -0.39 is 16.0 Å². The maximum atomic E-state index is 12.8. The Kier molecular flexibility index (Phi) is 6.52. The molecular formula is C17H19ClN4O5S2. The smallest absolute Gasteiger partial charge is 0.350 e. The molecule has 1 aliphatic heterocycles. The van der Waals surface area contributed by atoms with Crippen LogP contribution in [0.5, 0.6) is 0 Å². The molecule has 9 nitrogen and oxygen atoms in total. The Morgan fingerprint density at radius 2 is 2.03 bits per heavy atom. The summed E-state index contributed by atoms with van der Waals surface area (Å²) in [6.07, 6.45) is 2.14. The van der Waals surface area contributed by atoms with Crippen LogP contribution in [-0.2, 0) is 19.6 Å². The molecule has 1 aliphatic rings. The van der Waals surface area contributed by atoms with Gasteiger partial charge in [-0.05, 0) is 31.9 Å². The Hall–Kier alpha value is -2.08. The summed E-state index contributed by atoms with van der Waals surface area (Å²) < 4.78 is 31.5. The van der Waals surface area contributed by atoms with E-state index in [0.717, 1.165) is 11.3 Å². The first-order valence-corrected chi connectivity index (χ1v) is 11.3. The van der Waals surface area contributed by atoms with Crippen LogP contribution in [0.15, 0.2) is 23.2 Å². The molecule has 1 saturated heterocycles. The number of piperidine rings is 1. The van der Waals surface area contributed by atoms with E-state index in [1.54, 1.807) is 6.92 Å². The maximum absolute atomic E-state index is 12.8. The number of ether oxygens (including phenoxy) is 1. The third kappa shape index (κ3) is 4.58. The lowest BCUT2D eigenvalue weighted by molar-refractivity contribution is -0.120. The van der Waals surface area contributed by atoms with Crippen molar-refractivity contribution in [3.63, 3.8) is 0 Å². The lowest BCUT2D eigenvalue weighted by atomic mass is 9.97. The van der Waals surface area contributed by atoms with Gasteiger partial charge in [-0.3, -0.25) is 4.79 Å². The van der Waals surface area contributed by atoms with Crippen molar-refractivity contribution in [2.24, 2.45) is 5.92 Å². The highest BCUT2D eigenvalue weighted by atomic mass is 35.5. The van der Waals surface area contributed by atoms with Gasteiger partial charge in [0.05, 0.1) is 12.8 Å². The van der Waals surface area contributed by atoms with Gasteiger partial charge in [0.1, 0.15) is 14.9 Å². The van der Waals surface area contributed by atoms with Crippen LogP contribution in [-0.4, -0.2) is 54.8 Å². The molecule has 29 heavy (non-hydrogen) atoms. The summed E-state index contributed by atoms with van der Waals surface area (Å²) >= 11 is 6.97. The number of sulfonamides is 1. The number of halogens is 1. The minimum Gasteiger partial charge on any atom is -0.465 e. The average Bonchev–Trinajstić information content (AvgIpc) is 3.07. The number of anilines is 1. The number of hydrogen-bond acceptors (Lipinski definition) is 8. The standard InChI is InChI=1S/C17H19ClN4O5S2/c1-10-13(16(24)27-2)28-17(20-10)21-15(23)11-5-8-22(9-6-11)29(25,26)12-4-3-7-19-14(12)18/h3-4,7,11H,5-6,8-9H2,1-2H3,(H,20,21,23). The van der Waals surface area contributed by atoms with E-state index in [-0.39, 0.29) is 35.0 Å². The molecule has 0 saturated carbocycles. The number of rotatable bonds is 5. The van der Waals surface area contributed by atoms with E-state index in [2.05, 4.69) is 20.0 Å². The third-order valence-corrected chi connectivity index (χ3v) is 7.96. The van der Waals surface area contributed by atoms with Gasteiger partial charge in [0.2, 0.25) is 15.9 Å². The molecule has 1 fully saturated rings. The molecule has 3 heterocycles. The van der Waals surface area contributed by atoms with Crippen LogP contribution < -0.4 is 5.32 Å². The van der Waals surface area contributed by atoms with Gasteiger partial charge in [0, 0.05) is 25.2 Å². The zero-order valence-corrected chi connectivity index (χ0v) is 18.1. The van der Waals surface area contributed by atoms with Gasteiger partial charge in [-0.25, -0.2) is 23.2 Å². The van der Waals surface area contributed by atoms with Crippen molar-refractivity contribution in [2.75, 3.05) is 25.5 Å². The fourth-order valence-electron chi connectivity index (χ4n) is 3.00. The first-order chi connectivity index (χ1) is 13.7. The van der Waals surface area contributed by atoms with Gasteiger partial charge >= 0.3 is 5.97 Å². The number of carbonyl (C=O) groups excluding carboxylic acids is 2. The maximum Gasteiger partial charge on any atom is 0.350 e. The molecule has 2 aromatic rings. The summed E-state index contributed by atoms with van der Waals surface area (Å²) in [5, 5.41) is 2.94. The second-order valence-electron chi connectivity index (χ2n) is 6.39. The number of thiazole rings is 1. The van der Waals surface area contributed by atoms with Crippen LogP contribution >= 0.6 is 22.9 Å². The molecule has 2 aromatic heterocycles. The molecule has 1 amide bonds. The van der Waals surface area contributed by atoms with Crippen molar-refractivity contribution < 1.29 is 22.7 Å². The molecular weight excluding hydrogens is 440 g/mol. The van der Waals surface area contributed by atoms with Crippen molar-refractivity contribution in [3.8, 4) is 0 Å². The van der Waals surface area contributed by atoms with Gasteiger partial charge in [-0.15, -0.1) is 0 Å². The second kappa shape index (κ2) is 8.74. The molecule has 0 bridgehead atoms. The normalized spacial score (nSPS) is 15.8. The molecule has 0 unspecified atom stereocenters. The van der Waals surface area contributed by atoms with Gasteiger partial charge in [-0.2, -0.15) is 4.31 Å². The quantitative estimate of drug-likeness (QED) is 0.539. The fourth-order valence-corrected chi connectivity index (χ4v) is 5.79. The minimum absolute atomic E-state index is 0.0434. The van der Waals surface area contributed by atoms with Crippen LogP contribution in [0.1, 0.15) is 28.2 Å². The van der Waals surface area contributed by atoms with E-state index in [1.165, 1.54) is 29.7 Å². The third-order valence-electron chi connectivity index (χ3n) is 4.56. The number of pyridine rings is 1. The molecule has 156 valence electrons. The van der Waals surface area contributed by atoms with Crippen LogP contribution in [0.25, 0.3) is 0 Å². The number of nitrogens with one attached hydrogen (secondary N) is 1. The first kappa shape index (κ1) is 21.6. The number of methoxy groups -OCH3 is 1. The van der Waals surface area contributed by atoms with Crippen LogP contribution in [0.3, 0.4) is 0 Å². The van der Waals surface area contributed by atoms with Crippen LogP contribution in [0.4, 0.5) is 5.13 Å². The first-order valence-electron chi connectivity index (χ1n) is 8.71. The lowest BCUT2D eigenvalue weighted by Crippen LogP contribution is -2.41. The summed E-state index contributed by atoms with van der Waals surface area (Å²) in [5.74, 6) is -1.13. The van der Waals surface area contributed by atoms with E-state index >= 15 is 0 Å². The number of hydrogen-bond donors (Lipinski definition) is 1. The molecule has 0 aromatic carbocycles. The van der Waals surface area contributed by atoms with E-state index in [0.29, 0.717) is 28.5 Å². The van der Waals surface area contributed by atoms with Gasteiger partial charge < -0.3 is 10.1 Å². The SMILES string of the molecule is COC(=O)c1sc(NC(=O)C2CCN(S(=O)(=O)c3cccnc3Cl)CC2)nc1C. The number of aromatic nitrogens is 2. The molecule has 0 atom stereocenters. The number of esters is 1. The summed E-state index contributed by atoms with van der Waals surface area (Å²) in [7, 11) is -2.49. The molecule has 0 aliphatic carbocycles. The van der Waals surface area contributed by atoms with Crippen molar-refractivity contribution in [1.29, 1.82) is 0 Å². The Bertz CT molecular complexity index is 1030. The molecule has 0 radical (unpaired) electrons. The van der Waals surface area contributed by atoms with Gasteiger partial charge in [0.15, 0.2) is 5.13 Å². The minimum atomic E-state index is -3.77. The van der Waals surface area contributed by atoms with Crippen molar-refractivity contribution in [1.82, 2.24) is 14.3 Å². The highest BCUT2D eigenvalue weighted by molar-refractivity contribution is 7.89. The highest BCUT2D eigenvalue weighted by Crippen LogP contribution is 2.29.